The van der Waals surface area contributed by atoms with Crippen LogP contribution in [0.25, 0.3) is 17.4 Å². The minimum Gasteiger partial charge on any atom is -0.478 e. The van der Waals surface area contributed by atoms with E-state index in [4.69, 9.17) is 9.52 Å². The van der Waals surface area contributed by atoms with Crippen molar-refractivity contribution in [2.24, 2.45) is 10.5 Å². The number of aromatic carboxylic acids is 1. The lowest BCUT2D eigenvalue weighted by atomic mass is 9.85. The Bertz CT molecular complexity index is 1200. The lowest BCUT2D eigenvalue weighted by molar-refractivity contribution is -0.114. The Morgan fingerprint density at radius 3 is 2.29 bits per heavy atom. The summed E-state index contributed by atoms with van der Waals surface area (Å²) in [5.74, 6) is -0.0352. The highest BCUT2D eigenvalue weighted by atomic mass is 16.4. The largest absolute Gasteiger partial charge is 0.478 e. The number of carbonyl (C=O) groups excluding carboxylic acids is 1. The molecule has 0 unspecified atom stereocenters. The third-order valence-corrected chi connectivity index (χ3v) is 4.92. The number of nitrogens with zero attached hydrogens (tertiary/aromatic N) is 2. The van der Waals surface area contributed by atoms with Gasteiger partial charge in [-0.05, 0) is 42.5 Å². The van der Waals surface area contributed by atoms with Gasteiger partial charge in [-0.2, -0.15) is 10.1 Å². The molecule has 31 heavy (non-hydrogen) atoms. The molecule has 0 saturated heterocycles. The van der Waals surface area contributed by atoms with Crippen LogP contribution in [0.2, 0.25) is 0 Å². The average Bonchev–Trinajstić information content (AvgIpc) is 3.34. The summed E-state index contributed by atoms with van der Waals surface area (Å²) in [5.41, 5.74) is 2.31. The first-order valence-electron chi connectivity index (χ1n) is 9.88. The predicted molar refractivity (Wildman–Crippen MR) is 120 cm³/mol. The molecule has 0 spiro atoms. The fourth-order valence-electron chi connectivity index (χ4n) is 3.35. The first-order chi connectivity index (χ1) is 14.7. The SMILES string of the molecule is CC(C)(C)C1=NN(c2ccc(C(=O)O)cc2)C(=O)C1=Cc1ccc(-c2ccccc2)o1. The van der Waals surface area contributed by atoms with Crippen LogP contribution in [-0.4, -0.2) is 22.7 Å². The van der Waals surface area contributed by atoms with Crippen molar-refractivity contribution in [2.75, 3.05) is 5.01 Å². The number of carboxylic acid groups (broad SMARTS) is 1. The molecule has 156 valence electrons. The Morgan fingerprint density at radius 1 is 1.00 bits per heavy atom. The molecule has 6 nitrogen and oxygen atoms in total. The van der Waals surface area contributed by atoms with Crippen LogP contribution in [0.15, 0.2) is 81.8 Å². The molecule has 4 rings (SSSR count). The van der Waals surface area contributed by atoms with Gasteiger partial charge >= 0.3 is 5.97 Å². The third kappa shape index (κ3) is 4.05. The van der Waals surface area contributed by atoms with Crippen molar-refractivity contribution in [1.29, 1.82) is 0 Å². The van der Waals surface area contributed by atoms with Crippen molar-refractivity contribution in [1.82, 2.24) is 0 Å². The highest BCUT2D eigenvalue weighted by molar-refractivity contribution is 6.33. The van der Waals surface area contributed by atoms with Crippen molar-refractivity contribution in [2.45, 2.75) is 20.8 Å². The molecule has 0 radical (unpaired) electrons. The van der Waals surface area contributed by atoms with E-state index in [0.717, 1.165) is 5.56 Å². The van der Waals surface area contributed by atoms with Crippen molar-refractivity contribution in [3.63, 3.8) is 0 Å². The summed E-state index contributed by atoms with van der Waals surface area (Å²) < 4.78 is 5.96. The van der Waals surface area contributed by atoms with Gasteiger partial charge < -0.3 is 9.52 Å². The molecule has 1 aliphatic rings. The molecule has 0 aliphatic carbocycles. The van der Waals surface area contributed by atoms with Gasteiger partial charge in [0.1, 0.15) is 11.5 Å². The number of hydrogen-bond acceptors (Lipinski definition) is 4. The van der Waals surface area contributed by atoms with E-state index in [9.17, 15) is 9.59 Å². The normalized spacial score (nSPS) is 15.5. The van der Waals surface area contributed by atoms with Gasteiger partial charge in [0.05, 0.1) is 22.5 Å². The molecule has 0 fully saturated rings. The second kappa shape index (κ2) is 7.72. The Hall–Kier alpha value is -3.93. The van der Waals surface area contributed by atoms with Crippen molar-refractivity contribution in [3.05, 3.63) is 83.6 Å². The maximum atomic E-state index is 13.2. The number of amides is 1. The van der Waals surface area contributed by atoms with E-state index in [0.29, 0.717) is 28.5 Å². The predicted octanol–water partition coefficient (Wildman–Crippen LogP) is 5.48. The van der Waals surface area contributed by atoms with E-state index in [1.807, 2.05) is 63.2 Å². The Labute approximate surface area is 180 Å². The summed E-state index contributed by atoms with van der Waals surface area (Å²) in [6.45, 7) is 5.96. The van der Waals surface area contributed by atoms with E-state index in [2.05, 4.69) is 5.10 Å². The van der Waals surface area contributed by atoms with Crippen molar-refractivity contribution < 1.29 is 19.1 Å². The first kappa shape index (κ1) is 20.3. The topological polar surface area (TPSA) is 83.1 Å². The summed E-state index contributed by atoms with van der Waals surface area (Å²) in [6.07, 6.45) is 1.71. The number of anilines is 1. The van der Waals surface area contributed by atoms with E-state index in [-0.39, 0.29) is 16.9 Å². The number of hydrogen-bond donors (Lipinski definition) is 1. The van der Waals surface area contributed by atoms with Gasteiger partial charge in [0.2, 0.25) is 0 Å². The number of carbonyl (C=O) groups is 2. The minimum atomic E-state index is -1.02. The molecule has 6 heteroatoms. The van der Waals surface area contributed by atoms with Gasteiger partial charge in [-0.15, -0.1) is 0 Å². The Morgan fingerprint density at radius 2 is 1.68 bits per heavy atom. The molecule has 1 aromatic heterocycles. The van der Waals surface area contributed by atoms with Crippen LogP contribution < -0.4 is 5.01 Å². The fraction of sp³-hybridized carbons (Fsp3) is 0.160. The summed E-state index contributed by atoms with van der Waals surface area (Å²) in [4.78, 5) is 24.4. The molecule has 3 aromatic rings. The summed E-state index contributed by atoms with van der Waals surface area (Å²) in [6, 6.07) is 19.5. The van der Waals surface area contributed by atoms with E-state index < -0.39 is 5.97 Å². The second-order valence-electron chi connectivity index (χ2n) is 8.29. The van der Waals surface area contributed by atoms with Crippen LogP contribution in [0.4, 0.5) is 5.69 Å². The highest BCUT2D eigenvalue weighted by Crippen LogP contribution is 2.33. The maximum absolute atomic E-state index is 13.2. The quantitative estimate of drug-likeness (QED) is 0.573. The summed E-state index contributed by atoms with van der Waals surface area (Å²) >= 11 is 0. The molecule has 1 aliphatic heterocycles. The number of hydrazone groups is 1. The van der Waals surface area contributed by atoms with Gasteiger partial charge in [0.25, 0.3) is 5.91 Å². The van der Waals surface area contributed by atoms with Crippen molar-refractivity contribution >= 4 is 29.4 Å². The second-order valence-corrected chi connectivity index (χ2v) is 8.29. The third-order valence-electron chi connectivity index (χ3n) is 4.92. The molecule has 1 N–H and O–H groups in total. The summed E-state index contributed by atoms with van der Waals surface area (Å²) in [7, 11) is 0. The number of carboxylic acids is 1. The molecule has 2 aromatic carbocycles. The van der Waals surface area contributed by atoms with Crippen LogP contribution in [-0.2, 0) is 4.79 Å². The zero-order chi connectivity index (χ0) is 22.2. The molecule has 0 saturated carbocycles. The average molecular weight is 414 g/mol. The number of furan rings is 1. The molecular weight excluding hydrogens is 392 g/mol. The van der Waals surface area contributed by atoms with Crippen LogP contribution in [0.3, 0.4) is 0 Å². The van der Waals surface area contributed by atoms with Gasteiger partial charge in [-0.25, -0.2) is 4.79 Å². The highest BCUT2D eigenvalue weighted by Gasteiger charge is 2.37. The van der Waals surface area contributed by atoms with Crippen LogP contribution in [0.5, 0.6) is 0 Å². The van der Waals surface area contributed by atoms with Gasteiger partial charge in [-0.3, -0.25) is 4.79 Å². The summed E-state index contributed by atoms with van der Waals surface area (Å²) in [5, 5.41) is 15.0. The molecule has 0 bridgehead atoms. The molecular formula is C25H22N2O4. The smallest absolute Gasteiger partial charge is 0.335 e. The van der Waals surface area contributed by atoms with Crippen LogP contribution in [0.1, 0.15) is 36.9 Å². The van der Waals surface area contributed by atoms with Gasteiger partial charge in [-0.1, -0.05) is 51.1 Å². The van der Waals surface area contributed by atoms with E-state index in [1.165, 1.54) is 17.1 Å². The fourth-order valence-corrected chi connectivity index (χ4v) is 3.35. The standard InChI is InChI=1S/C25H22N2O4/c1-25(2,3)22-20(15-19-13-14-21(31-19)16-7-5-4-6-8-16)23(28)27(26-22)18-11-9-17(10-12-18)24(29)30/h4-15H,1-3H3,(H,29,30). The van der Waals surface area contributed by atoms with Gasteiger partial charge in [0, 0.05) is 11.0 Å². The Kier molecular flexibility index (Phi) is 5.07. The molecule has 2 heterocycles. The van der Waals surface area contributed by atoms with Crippen LogP contribution >= 0.6 is 0 Å². The zero-order valence-corrected chi connectivity index (χ0v) is 17.5. The van der Waals surface area contributed by atoms with Crippen molar-refractivity contribution in [3.8, 4) is 11.3 Å². The molecule has 1 amide bonds. The van der Waals surface area contributed by atoms with E-state index >= 15 is 0 Å². The van der Waals surface area contributed by atoms with Gasteiger partial charge in [0.15, 0.2) is 0 Å². The number of rotatable bonds is 4. The number of benzene rings is 2. The lowest BCUT2D eigenvalue weighted by Gasteiger charge is -2.17. The minimum absolute atomic E-state index is 0.148. The zero-order valence-electron chi connectivity index (χ0n) is 17.5. The maximum Gasteiger partial charge on any atom is 0.335 e. The first-order valence-corrected chi connectivity index (χ1v) is 9.88. The Balaban J connectivity index is 1.70. The molecule has 0 atom stereocenters. The lowest BCUT2D eigenvalue weighted by Crippen LogP contribution is -2.24. The monoisotopic (exact) mass is 414 g/mol. The van der Waals surface area contributed by atoms with Crippen LogP contribution in [0, 0.1) is 5.41 Å². The van der Waals surface area contributed by atoms with E-state index in [1.54, 1.807) is 18.2 Å².